The number of Topliss-reactive ketones (excluding diaryl/α,β-unsaturated/α-hetero) is 1. The third-order valence-electron chi connectivity index (χ3n) is 4.85. The summed E-state index contributed by atoms with van der Waals surface area (Å²) in [5, 5.41) is 20.6. The first-order valence-electron chi connectivity index (χ1n) is 9.80. The molecule has 0 saturated carbocycles. The van der Waals surface area contributed by atoms with Gasteiger partial charge in [0.2, 0.25) is 0 Å². The van der Waals surface area contributed by atoms with Gasteiger partial charge in [0, 0.05) is 23.7 Å². The van der Waals surface area contributed by atoms with Gasteiger partial charge in [-0.3, -0.25) is 19.8 Å². The molecule has 0 aliphatic carbocycles. The third kappa shape index (κ3) is 5.63. The van der Waals surface area contributed by atoms with Crippen molar-refractivity contribution in [2.45, 2.75) is 57.8 Å². The number of nitrogens with zero attached hydrogens (tertiary/aromatic N) is 5. The molecule has 0 aliphatic heterocycles. The molecule has 1 heterocycles. The largest absolute Gasteiger partial charge is 0.305 e. The molecule has 0 amide bonds. The third-order valence-corrected chi connectivity index (χ3v) is 5.82. The molecule has 2 rings (SSSR count). The van der Waals surface area contributed by atoms with Crippen molar-refractivity contribution in [3.05, 3.63) is 45.3 Å². The number of unbranched alkanes of at least 4 members (excludes halogenated alkanes) is 1. The van der Waals surface area contributed by atoms with Crippen LogP contribution in [0.5, 0.6) is 0 Å². The van der Waals surface area contributed by atoms with Crippen molar-refractivity contribution in [1.29, 1.82) is 0 Å². The minimum absolute atomic E-state index is 0.0361. The van der Waals surface area contributed by atoms with Gasteiger partial charge in [-0.25, -0.2) is 0 Å². The lowest BCUT2D eigenvalue weighted by Gasteiger charge is -2.23. The molecule has 1 atom stereocenters. The Morgan fingerprint density at radius 1 is 1.31 bits per heavy atom. The summed E-state index contributed by atoms with van der Waals surface area (Å²) >= 11 is 1.33. The smallest absolute Gasteiger partial charge is 0.273 e. The fourth-order valence-corrected chi connectivity index (χ4v) is 4.02. The summed E-state index contributed by atoms with van der Waals surface area (Å²) in [5.41, 5.74) is 0.845. The second-order valence-electron chi connectivity index (χ2n) is 7.20. The zero-order chi connectivity index (χ0) is 21.6. The Bertz CT molecular complexity index is 866. The standard InChI is InChI=1S/C20H29N5O3S/c1-6-8-11-24-19(16(7-2)23(4)5)21-22-20(24)29-13-18(26)15-10-9-14(3)17(12-15)25(27)28/h9-10,12,16H,6-8,11,13H2,1-5H3/t16-/m0/s1. The molecule has 9 heteroatoms. The number of ketones is 1. The molecule has 158 valence electrons. The average molecular weight is 420 g/mol. The predicted molar refractivity (Wildman–Crippen MR) is 115 cm³/mol. The van der Waals surface area contributed by atoms with Gasteiger partial charge in [-0.05, 0) is 33.9 Å². The summed E-state index contributed by atoms with van der Waals surface area (Å²) in [7, 11) is 4.04. The Balaban J connectivity index is 2.21. The van der Waals surface area contributed by atoms with Crippen molar-refractivity contribution < 1.29 is 9.72 Å². The number of carbonyl (C=O) groups excluding carboxylic acids is 1. The number of hydrogen-bond acceptors (Lipinski definition) is 7. The van der Waals surface area contributed by atoms with E-state index in [0.29, 0.717) is 16.3 Å². The maximum Gasteiger partial charge on any atom is 0.273 e. The second kappa shape index (κ2) is 10.5. The van der Waals surface area contributed by atoms with Crippen LogP contribution in [-0.2, 0) is 6.54 Å². The Morgan fingerprint density at radius 3 is 2.62 bits per heavy atom. The Hall–Kier alpha value is -2.26. The van der Waals surface area contributed by atoms with Crippen molar-refractivity contribution in [3.63, 3.8) is 0 Å². The molecule has 0 aliphatic rings. The molecule has 29 heavy (non-hydrogen) atoms. The minimum atomic E-state index is -0.459. The highest BCUT2D eigenvalue weighted by atomic mass is 32.2. The van der Waals surface area contributed by atoms with E-state index in [-0.39, 0.29) is 23.3 Å². The number of rotatable bonds is 11. The molecule has 0 saturated heterocycles. The zero-order valence-electron chi connectivity index (χ0n) is 17.7. The van der Waals surface area contributed by atoms with Crippen molar-refractivity contribution in [1.82, 2.24) is 19.7 Å². The Kier molecular flexibility index (Phi) is 8.33. The lowest BCUT2D eigenvalue weighted by atomic mass is 10.1. The highest BCUT2D eigenvalue weighted by Crippen LogP contribution is 2.27. The number of nitro benzene ring substituents is 1. The Morgan fingerprint density at radius 2 is 2.03 bits per heavy atom. The fraction of sp³-hybridized carbons (Fsp3) is 0.550. The first kappa shape index (κ1) is 23.0. The highest BCUT2D eigenvalue weighted by molar-refractivity contribution is 7.99. The van der Waals surface area contributed by atoms with Crippen LogP contribution in [0.15, 0.2) is 23.4 Å². The molecule has 0 spiro atoms. The van der Waals surface area contributed by atoms with Crippen molar-refractivity contribution in [3.8, 4) is 0 Å². The molecular weight excluding hydrogens is 390 g/mol. The number of nitro groups is 1. The molecule has 1 aromatic carbocycles. The molecule has 0 bridgehead atoms. The first-order chi connectivity index (χ1) is 13.8. The summed E-state index contributed by atoms with van der Waals surface area (Å²) in [4.78, 5) is 25.4. The summed E-state index contributed by atoms with van der Waals surface area (Å²) in [6, 6.07) is 4.76. The van der Waals surface area contributed by atoms with Gasteiger partial charge in [0.25, 0.3) is 5.69 Å². The maximum atomic E-state index is 12.6. The molecule has 0 fully saturated rings. The minimum Gasteiger partial charge on any atom is -0.305 e. The van der Waals surface area contributed by atoms with Crippen LogP contribution in [0.2, 0.25) is 0 Å². The molecule has 8 nitrogen and oxygen atoms in total. The van der Waals surface area contributed by atoms with E-state index in [4.69, 9.17) is 0 Å². The molecule has 0 radical (unpaired) electrons. The SMILES string of the molecule is CCCCn1c(SCC(=O)c2ccc(C)c([N+](=O)[O-])c2)nnc1[C@H](CC)N(C)C. The van der Waals surface area contributed by atoms with E-state index in [0.717, 1.165) is 31.6 Å². The number of hydrogen-bond donors (Lipinski definition) is 0. The van der Waals surface area contributed by atoms with Crippen molar-refractivity contribution in [2.75, 3.05) is 19.8 Å². The summed E-state index contributed by atoms with van der Waals surface area (Å²) in [5.74, 6) is 0.902. The van der Waals surface area contributed by atoms with Gasteiger partial charge in [0.05, 0.1) is 16.7 Å². The van der Waals surface area contributed by atoms with E-state index < -0.39 is 4.92 Å². The lowest BCUT2D eigenvalue weighted by Crippen LogP contribution is -2.23. The fourth-order valence-electron chi connectivity index (χ4n) is 3.15. The van der Waals surface area contributed by atoms with E-state index >= 15 is 0 Å². The normalized spacial score (nSPS) is 12.3. The summed E-state index contributed by atoms with van der Waals surface area (Å²) < 4.78 is 2.10. The van der Waals surface area contributed by atoms with Crippen LogP contribution in [0, 0.1) is 17.0 Å². The second-order valence-corrected chi connectivity index (χ2v) is 8.15. The monoisotopic (exact) mass is 419 g/mol. The quantitative estimate of drug-likeness (QED) is 0.232. The van der Waals surface area contributed by atoms with Gasteiger partial charge in [-0.15, -0.1) is 10.2 Å². The average Bonchev–Trinajstić information content (AvgIpc) is 3.07. The van der Waals surface area contributed by atoms with E-state index in [2.05, 4.69) is 33.5 Å². The highest BCUT2D eigenvalue weighted by Gasteiger charge is 2.23. The number of thioether (sulfide) groups is 1. The molecule has 0 N–H and O–H groups in total. The zero-order valence-corrected chi connectivity index (χ0v) is 18.5. The van der Waals surface area contributed by atoms with E-state index in [1.54, 1.807) is 19.1 Å². The number of aryl methyl sites for hydroxylation is 1. The molecule has 1 aromatic heterocycles. The maximum absolute atomic E-state index is 12.6. The van der Waals surface area contributed by atoms with Crippen LogP contribution in [0.25, 0.3) is 0 Å². The number of carbonyl (C=O) groups is 1. The van der Waals surface area contributed by atoms with Gasteiger partial charge < -0.3 is 4.57 Å². The van der Waals surface area contributed by atoms with E-state index in [1.165, 1.54) is 17.8 Å². The van der Waals surface area contributed by atoms with Gasteiger partial charge in [-0.2, -0.15) is 0 Å². The Labute approximate surface area is 175 Å². The predicted octanol–water partition coefficient (Wildman–Crippen LogP) is 4.28. The number of aromatic nitrogens is 3. The first-order valence-corrected chi connectivity index (χ1v) is 10.8. The number of benzene rings is 1. The van der Waals surface area contributed by atoms with Gasteiger partial charge in [0.15, 0.2) is 16.8 Å². The summed E-state index contributed by atoms with van der Waals surface area (Å²) in [6.45, 7) is 6.71. The van der Waals surface area contributed by atoms with Gasteiger partial charge in [0.1, 0.15) is 0 Å². The molecular formula is C20H29N5O3S. The van der Waals surface area contributed by atoms with Crippen LogP contribution < -0.4 is 0 Å². The van der Waals surface area contributed by atoms with Crippen LogP contribution in [-0.4, -0.2) is 50.2 Å². The van der Waals surface area contributed by atoms with Crippen LogP contribution in [0.3, 0.4) is 0 Å². The van der Waals surface area contributed by atoms with Crippen molar-refractivity contribution >= 4 is 23.2 Å². The van der Waals surface area contributed by atoms with Crippen LogP contribution in [0.4, 0.5) is 5.69 Å². The van der Waals surface area contributed by atoms with E-state index in [1.807, 2.05) is 14.1 Å². The van der Waals surface area contributed by atoms with Crippen LogP contribution in [0.1, 0.15) is 60.9 Å². The molecule has 0 unspecified atom stereocenters. The van der Waals surface area contributed by atoms with Gasteiger partial charge >= 0.3 is 0 Å². The molecule has 2 aromatic rings. The van der Waals surface area contributed by atoms with Crippen molar-refractivity contribution in [2.24, 2.45) is 0 Å². The topological polar surface area (TPSA) is 94.2 Å². The lowest BCUT2D eigenvalue weighted by molar-refractivity contribution is -0.385. The summed E-state index contributed by atoms with van der Waals surface area (Å²) in [6.07, 6.45) is 2.96. The van der Waals surface area contributed by atoms with Gasteiger partial charge in [-0.1, -0.05) is 44.2 Å². The van der Waals surface area contributed by atoms with Crippen LogP contribution >= 0.6 is 11.8 Å². The van der Waals surface area contributed by atoms with E-state index in [9.17, 15) is 14.9 Å².